The lowest BCUT2D eigenvalue weighted by Gasteiger charge is -2.26. The number of furan rings is 1. The molecule has 2 N–H and O–H groups in total. The van der Waals surface area contributed by atoms with Crippen molar-refractivity contribution in [2.45, 2.75) is 39.7 Å². The van der Waals surface area contributed by atoms with E-state index in [2.05, 4.69) is 40.3 Å². The number of hydrogen-bond donors (Lipinski definition) is 2. The second kappa shape index (κ2) is 8.88. The molecule has 0 saturated carbocycles. The minimum absolute atomic E-state index is 0.248. The van der Waals surface area contributed by atoms with Crippen molar-refractivity contribution < 1.29 is 4.42 Å². The summed E-state index contributed by atoms with van der Waals surface area (Å²) in [5.41, 5.74) is 5.70. The summed E-state index contributed by atoms with van der Waals surface area (Å²) >= 11 is 0. The van der Waals surface area contributed by atoms with Gasteiger partial charge in [0, 0.05) is 30.6 Å². The van der Waals surface area contributed by atoms with E-state index in [-0.39, 0.29) is 11.1 Å². The van der Waals surface area contributed by atoms with Gasteiger partial charge in [-0.3, -0.25) is 4.79 Å². The number of fused-ring (bicyclic) bond motifs is 3. The minimum atomic E-state index is -0.248. The summed E-state index contributed by atoms with van der Waals surface area (Å²) in [5, 5.41) is 4.44. The molecule has 166 valence electrons. The largest absolute Gasteiger partial charge is 0.449 e. The molecule has 0 bridgehead atoms. The summed E-state index contributed by atoms with van der Waals surface area (Å²) in [6.07, 6.45) is 4.03. The predicted octanol–water partition coefficient (Wildman–Crippen LogP) is 4.53. The van der Waals surface area contributed by atoms with Crippen molar-refractivity contribution in [3.63, 3.8) is 0 Å². The molecule has 3 heterocycles. The third kappa shape index (κ3) is 4.20. The lowest BCUT2D eigenvalue weighted by Crippen LogP contribution is -2.35. The number of benzene rings is 2. The standard InChI is InChI=1S/C26H30N4O2/c1-17-6-9-22-21(14-17)23-24(32-22)26(31)29-25(28-23)20-8-7-19(15-18(20)2)16-27-10-13-30-11-4-3-5-12-30/h6-9,14-15,27H,3-5,10-13,16H2,1-2H3,(H,28,29,31). The molecule has 0 spiro atoms. The van der Waals surface area contributed by atoms with Gasteiger partial charge < -0.3 is 19.6 Å². The Morgan fingerprint density at radius 2 is 1.94 bits per heavy atom. The molecule has 6 heteroatoms. The van der Waals surface area contributed by atoms with Gasteiger partial charge in [-0.2, -0.15) is 0 Å². The van der Waals surface area contributed by atoms with E-state index in [1.807, 2.05) is 25.1 Å². The van der Waals surface area contributed by atoms with E-state index >= 15 is 0 Å². The first-order valence-corrected chi connectivity index (χ1v) is 11.5. The quantitative estimate of drug-likeness (QED) is 0.440. The van der Waals surface area contributed by atoms with Crippen LogP contribution in [0.25, 0.3) is 33.5 Å². The summed E-state index contributed by atoms with van der Waals surface area (Å²) in [5.74, 6) is 0.578. The first-order chi connectivity index (χ1) is 15.6. The van der Waals surface area contributed by atoms with Gasteiger partial charge in [0.1, 0.15) is 16.9 Å². The van der Waals surface area contributed by atoms with Gasteiger partial charge in [0.15, 0.2) is 0 Å². The van der Waals surface area contributed by atoms with Crippen LogP contribution in [0.5, 0.6) is 0 Å². The van der Waals surface area contributed by atoms with Crippen molar-refractivity contribution in [3.8, 4) is 11.4 Å². The molecular formula is C26H30N4O2. The van der Waals surface area contributed by atoms with E-state index < -0.39 is 0 Å². The van der Waals surface area contributed by atoms with Gasteiger partial charge in [-0.05, 0) is 63.0 Å². The summed E-state index contributed by atoms with van der Waals surface area (Å²) in [4.78, 5) is 22.9. The highest BCUT2D eigenvalue weighted by Gasteiger charge is 2.15. The summed E-state index contributed by atoms with van der Waals surface area (Å²) in [6, 6.07) is 12.2. The number of aromatic amines is 1. The smallest absolute Gasteiger partial charge is 0.294 e. The molecule has 1 aliphatic rings. The fraction of sp³-hybridized carbons (Fsp3) is 0.385. The van der Waals surface area contributed by atoms with Gasteiger partial charge in [-0.25, -0.2) is 4.98 Å². The number of rotatable bonds is 6. The molecule has 0 atom stereocenters. The third-order valence-corrected chi connectivity index (χ3v) is 6.41. The van der Waals surface area contributed by atoms with Crippen molar-refractivity contribution in [2.24, 2.45) is 0 Å². The minimum Gasteiger partial charge on any atom is -0.449 e. The van der Waals surface area contributed by atoms with Crippen LogP contribution in [0.3, 0.4) is 0 Å². The highest BCUT2D eigenvalue weighted by Crippen LogP contribution is 2.28. The molecule has 1 aliphatic heterocycles. The lowest BCUT2D eigenvalue weighted by molar-refractivity contribution is 0.229. The molecule has 1 fully saturated rings. The fourth-order valence-corrected chi connectivity index (χ4v) is 4.65. The van der Waals surface area contributed by atoms with Crippen molar-refractivity contribution in [3.05, 3.63) is 63.4 Å². The van der Waals surface area contributed by atoms with Gasteiger partial charge in [0.25, 0.3) is 5.56 Å². The van der Waals surface area contributed by atoms with Gasteiger partial charge in [0.05, 0.1) is 0 Å². The molecule has 5 rings (SSSR count). The molecule has 2 aromatic carbocycles. The zero-order chi connectivity index (χ0) is 22.1. The highest BCUT2D eigenvalue weighted by molar-refractivity contribution is 6.02. The number of aryl methyl sites for hydroxylation is 2. The summed E-state index contributed by atoms with van der Waals surface area (Å²) in [7, 11) is 0. The van der Waals surface area contributed by atoms with E-state index in [0.717, 1.165) is 41.7 Å². The molecular weight excluding hydrogens is 400 g/mol. The van der Waals surface area contributed by atoms with Crippen molar-refractivity contribution in [1.82, 2.24) is 20.2 Å². The lowest BCUT2D eigenvalue weighted by atomic mass is 10.0. The van der Waals surface area contributed by atoms with E-state index in [9.17, 15) is 4.79 Å². The molecule has 0 unspecified atom stereocenters. The SMILES string of the molecule is Cc1ccc2oc3c(=O)[nH]c(-c4ccc(CNCCN5CCCCC5)cc4C)nc3c2c1. The van der Waals surface area contributed by atoms with E-state index in [0.29, 0.717) is 16.9 Å². The molecule has 0 aliphatic carbocycles. The monoisotopic (exact) mass is 430 g/mol. The molecule has 6 nitrogen and oxygen atoms in total. The molecule has 0 amide bonds. The maximum absolute atomic E-state index is 12.7. The number of piperidine rings is 1. The van der Waals surface area contributed by atoms with Crippen LogP contribution in [0.4, 0.5) is 0 Å². The van der Waals surface area contributed by atoms with Gasteiger partial charge in [-0.1, -0.05) is 36.2 Å². The average Bonchev–Trinajstić information content (AvgIpc) is 3.16. The maximum Gasteiger partial charge on any atom is 0.294 e. The molecule has 2 aromatic heterocycles. The second-order valence-electron chi connectivity index (χ2n) is 8.92. The third-order valence-electron chi connectivity index (χ3n) is 6.41. The number of aromatic nitrogens is 2. The average molecular weight is 431 g/mol. The molecule has 0 radical (unpaired) electrons. The highest BCUT2D eigenvalue weighted by atomic mass is 16.3. The van der Waals surface area contributed by atoms with Crippen molar-refractivity contribution in [1.29, 1.82) is 0 Å². The Morgan fingerprint density at radius 1 is 1.09 bits per heavy atom. The van der Waals surface area contributed by atoms with E-state index in [4.69, 9.17) is 9.40 Å². The van der Waals surface area contributed by atoms with Crippen LogP contribution < -0.4 is 10.9 Å². The number of hydrogen-bond acceptors (Lipinski definition) is 5. The first-order valence-electron chi connectivity index (χ1n) is 11.5. The number of likely N-dealkylation sites (tertiary alicyclic amines) is 1. The number of H-pyrrole nitrogens is 1. The van der Waals surface area contributed by atoms with Crippen LogP contribution in [0.15, 0.2) is 45.6 Å². The molecule has 1 saturated heterocycles. The molecule has 32 heavy (non-hydrogen) atoms. The zero-order valence-electron chi connectivity index (χ0n) is 18.8. The Balaban J connectivity index is 1.35. The Kier molecular flexibility index (Phi) is 5.81. The van der Waals surface area contributed by atoms with Crippen LogP contribution in [-0.4, -0.2) is 41.0 Å². The Labute approximate surface area is 187 Å². The van der Waals surface area contributed by atoms with E-state index in [1.54, 1.807) is 0 Å². The van der Waals surface area contributed by atoms with Gasteiger partial charge >= 0.3 is 0 Å². The van der Waals surface area contributed by atoms with Crippen molar-refractivity contribution >= 4 is 22.1 Å². The predicted molar refractivity (Wildman–Crippen MR) is 129 cm³/mol. The van der Waals surface area contributed by atoms with Crippen LogP contribution in [-0.2, 0) is 6.54 Å². The fourth-order valence-electron chi connectivity index (χ4n) is 4.65. The normalized spacial score (nSPS) is 15.1. The van der Waals surface area contributed by atoms with Crippen LogP contribution in [0.2, 0.25) is 0 Å². The van der Waals surface area contributed by atoms with Crippen LogP contribution in [0.1, 0.15) is 36.0 Å². The van der Waals surface area contributed by atoms with Crippen LogP contribution >= 0.6 is 0 Å². The Morgan fingerprint density at radius 3 is 2.75 bits per heavy atom. The number of nitrogens with one attached hydrogen (secondary N) is 2. The second-order valence-corrected chi connectivity index (χ2v) is 8.92. The summed E-state index contributed by atoms with van der Waals surface area (Å²) in [6.45, 7) is 9.50. The van der Waals surface area contributed by atoms with Crippen LogP contribution in [0, 0.1) is 13.8 Å². The van der Waals surface area contributed by atoms with Gasteiger partial charge in [0.2, 0.25) is 5.58 Å². The van der Waals surface area contributed by atoms with E-state index in [1.165, 1.54) is 37.9 Å². The summed E-state index contributed by atoms with van der Waals surface area (Å²) < 4.78 is 5.76. The van der Waals surface area contributed by atoms with Crippen molar-refractivity contribution in [2.75, 3.05) is 26.2 Å². The zero-order valence-corrected chi connectivity index (χ0v) is 18.8. The topological polar surface area (TPSA) is 74.2 Å². The number of nitrogens with zero attached hydrogens (tertiary/aromatic N) is 2. The molecule has 4 aromatic rings. The Bertz CT molecular complexity index is 1310. The maximum atomic E-state index is 12.7. The first kappa shape index (κ1) is 20.9. The Hall–Kier alpha value is -2.96. The van der Waals surface area contributed by atoms with Gasteiger partial charge in [-0.15, -0.1) is 0 Å².